The number of hydrazine groups is 1. The van der Waals surface area contributed by atoms with Crippen molar-refractivity contribution in [2.24, 2.45) is 0 Å². The molecule has 1 aromatic heterocycles. The lowest BCUT2D eigenvalue weighted by molar-refractivity contribution is -0.160. The second kappa shape index (κ2) is 11.0. The highest BCUT2D eigenvalue weighted by molar-refractivity contribution is 6.24. The van der Waals surface area contributed by atoms with E-state index in [1.807, 2.05) is 0 Å². The van der Waals surface area contributed by atoms with Crippen LogP contribution in [-0.4, -0.2) is 49.1 Å². The van der Waals surface area contributed by atoms with Gasteiger partial charge >= 0.3 is 12.4 Å². The van der Waals surface area contributed by atoms with Gasteiger partial charge in [0, 0.05) is 47.3 Å². The van der Waals surface area contributed by atoms with Crippen molar-refractivity contribution in [3.05, 3.63) is 88.4 Å². The fraction of sp³-hybridized carbons (Fsp3) is 0.276. The van der Waals surface area contributed by atoms with Gasteiger partial charge in [-0.15, -0.1) is 0 Å². The number of pyridine rings is 1. The van der Waals surface area contributed by atoms with Gasteiger partial charge in [-0.1, -0.05) is 6.07 Å². The normalized spacial score (nSPS) is 19.2. The summed E-state index contributed by atoms with van der Waals surface area (Å²) >= 11 is 0. The van der Waals surface area contributed by atoms with Crippen LogP contribution < -0.4 is 5.32 Å². The summed E-state index contributed by atoms with van der Waals surface area (Å²) in [6.45, 7) is 0.870. The summed E-state index contributed by atoms with van der Waals surface area (Å²) in [4.78, 5) is 30.5. The largest absolute Gasteiger partial charge is 0.509 e. The highest BCUT2D eigenvalue weighted by Crippen LogP contribution is 2.43. The highest BCUT2D eigenvalue weighted by Gasteiger charge is 2.53. The molecule has 2 aliphatic heterocycles. The van der Waals surface area contributed by atoms with Crippen LogP contribution in [0.15, 0.2) is 60.0 Å². The van der Waals surface area contributed by atoms with Crippen LogP contribution in [0, 0.1) is 11.6 Å². The third kappa shape index (κ3) is 5.77. The Morgan fingerprint density at radius 3 is 2.24 bits per heavy atom. The van der Waals surface area contributed by atoms with Crippen molar-refractivity contribution in [2.45, 2.75) is 44.2 Å². The first kappa shape index (κ1) is 31.7. The lowest BCUT2D eigenvalue weighted by atomic mass is 9.90. The number of hydrogen-bond acceptors (Lipinski definition) is 6. The van der Waals surface area contributed by atoms with E-state index in [4.69, 9.17) is 0 Å². The van der Waals surface area contributed by atoms with Crippen molar-refractivity contribution >= 4 is 17.5 Å². The first-order valence-electron chi connectivity index (χ1n) is 13.2. The second-order valence-corrected chi connectivity index (χ2v) is 10.6. The van der Waals surface area contributed by atoms with E-state index in [0.29, 0.717) is 42.9 Å². The lowest BCUT2D eigenvalue weighted by Crippen LogP contribution is -2.60. The number of halogens is 8. The van der Waals surface area contributed by atoms with E-state index in [9.17, 15) is 54.9 Å². The molecule has 8 nitrogen and oxygen atoms in total. The Bertz CT molecular complexity index is 1700. The van der Waals surface area contributed by atoms with Crippen LogP contribution in [0.4, 0.5) is 40.8 Å². The molecule has 3 aromatic rings. The van der Waals surface area contributed by atoms with Crippen molar-refractivity contribution in [3.8, 4) is 16.9 Å². The fourth-order valence-corrected chi connectivity index (χ4v) is 5.41. The molecule has 0 aliphatic carbocycles. The minimum absolute atomic E-state index is 0.145. The summed E-state index contributed by atoms with van der Waals surface area (Å²) in [5, 5.41) is 25.1. The molecule has 238 valence electrons. The maximum absolute atomic E-state index is 14.6. The fourth-order valence-electron chi connectivity index (χ4n) is 5.41. The molecule has 1 fully saturated rings. The summed E-state index contributed by atoms with van der Waals surface area (Å²) in [6.07, 6.45) is -8.46. The molecule has 0 radical (unpaired) electrons. The van der Waals surface area contributed by atoms with Crippen molar-refractivity contribution in [1.82, 2.24) is 15.0 Å². The predicted octanol–water partition coefficient (Wildman–Crippen LogP) is 6.33. The van der Waals surface area contributed by atoms with Crippen LogP contribution >= 0.6 is 0 Å². The van der Waals surface area contributed by atoms with E-state index >= 15 is 0 Å². The number of aromatic nitrogens is 1. The average molecular weight is 643 g/mol. The number of anilines is 1. The topological polar surface area (TPSA) is 106 Å². The number of phenols is 1. The minimum atomic E-state index is -4.88. The smallest absolute Gasteiger partial charge is 0.433 e. The molecule has 2 aliphatic rings. The summed E-state index contributed by atoms with van der Waals surface area (Å²) in [5.74, 6) is -6.28. The van der Waals surface area contributed by atoms with Gasteiger partial charge in [0.2, 0.25) is 0 Å². The molecule has 3 heterocycles. The number of benzene rings is 2. The molecule has 5 rings (SSSR count). The molecular formula is C29H22F8N4O4. The van der Waals surface area contributed by atoms with Gasteiger partial charge in [-0.05, 0) is 44.0 Å². The molecule has 16 heteroatoms. The average Bonchev–Trinajstić information content (AvgIpc) is 3.34. The summed E-state index contributed by atoms with van der Waals surface area (Å²) in [6, 6.07) is 4.62. The Kier molecular flexibility index (Phi) is 7.75. The van der Waals surface area contributed by atoms with Crippen molar-refractivity contribution in [3.63, 3.8) is 0 Å². The number of hydrogen-bond donors (Lipinski definition) is 3. The van der Waals surface area contributed by atoms with E-state index in [0.717, 1.165) is 17.1 Å². The molecular weight excluding hydrogens is 620 g/mol. The van der Waals surface area contributed by atoms with Crippen LogP contribution in [0.25, 0.3) is 11.1 Å². The zero-order chi connectivity index (χ0) is 33.1. The number of rotatable bonds is 5. The Morgan fingerprint density at radius 2 is 1.67 bits per heavy atom. The number of carbonyl (C=O) groups excluding carboxylic acids is 2. The summed E-state index contributed by atoms with van der Waals surface area (Å²) in [7, 11) is 0. The number of alkyl halides is 6. The van der Waals surface area contributed by atoms with Gasteiger partial charge in [-0.2, -0.15) is 26.3 Å². The van der Waals surface area contributed by atoms with E-state index < -0.39 is 87.4 Å². The van der Waals surface area contributed by atoms with Gasteiger partial charge in [0.25, 0.3) is 11.8 Å². The summed E-state index contributed by atoms with van der Waals surface area (Å²) < 4.78 is 109. The Morgan fingerprint density at radius 1 is 1.00 bits per heavy atom. The van der Waals surface area contributed by atoms with Crippen LogP contribution in [0.3, 0.4) is 0 Å². The Balaban J connectivity index is 1.55. The zero-order valence-corrected chi connectivity index (χ0v) is 23.0. The van der Waals surface area contributed by atoms with Gasteiger partial charge in [0.05, 0.1) is 17.6 Å². The number of nitrogens with zero attached hydrogens (tertiary/aromatic N) is 3. The van der Waals surface area contributed by atoms with Gasteiger partial charge in [-0.25, -0.2) is 13.8 Å². The Labute approximate surface area is 249 Å². The molecule has 3 N–H and O–H groups in total. The van der Waals surface area contributed by atoms with Crippen LogP contribution in [-0.2, 0) is 28.5 Å². The first-order chi connectivity index (χ1) is 20.9. The first-order valence-corrected chi connectivity index (χ1v) is 13.2. The molecule has 0 spiro atoms. The SMILES string of the molecule is C[C@]12CCCN1N(Cc1c(F)cc(O)cc1F)C(=O)C(C(=O)Nc1ccc(C(F)(F)F)cc1-c1ccc(C(F)(F)F)nc1)=C2O. The maximum atomic E-state index is 14.6. The molecule has 1 atom stereocenters. The molecule has 1 saturated heterocycles. The Hall–Kier alpha value is -4.73. The monoisotopic (exact) mass is 642 g/mol. The van der Waals surface area contributed by atoms with E-state index in [2.05, 4.69) is 10.3 Å². The van der Waals surface area contributed by atoms with Crippen molar-refractivity contribution in [1.29, 1.82) is 0 Å². The number of phenolic OH excluding ortho intramolecular Hbond substituents is 1. The van der Waals surface area contributed by atoms with Crippen molar-refractivity contribution < 1.29 is 54.9 Å². The molecule has 2 aromatic carbocycles. The predicted molar refractivity (Wildman–Crippen MR) is 141 cm³/mol. The minimum Gasteiger partial charge on any atom is -0.509 e. The van der Waals surface area contributed by atoms with Gasteiger partial charge in [0.1, 0.15) is 34.4 Å². The van der Waals surface area contributed by atoms with Crippen LogP contribution in [0.1, 0.15) is 36.6 Å². The van der Waals surface area contributed by atoms with E-state index in [-0.39, 0.29) is 24.2 Å². The number of fused-ring (bicyclic) bond motifs is 1. The highest BCUT2D eigenvalue weighted by atomic mass is 19.4. The third-order valence-electron chi connectivity index (χ3n) is 7.71. The number of aliphatic hydroxyl groups is 1. The number of nitrogens with one attached hydrogen (secondary N) is 1. The molecule has 0 unspecified atom stereocenters. The molecule has 0 bridgehead atoms. The number of aliphatic hydroxyl groups excluding tert-OH is 1. The number of aromatic hydroxyl groups is 1. The third-order valence-corrected chi connectivity index (χ3v) is 7.71. The number of carbonyl (C=O) groups is 2. The number of amides is 2. The van der Waals surface area contributed by atoms with E-state index in [1.54, 1.807) is 0 Å². The van der Waals surface area contributed by atoms with E-state index in [1.165, 1.54) is 11.9 Å². The quantitative estimate of drug-likeness (QED) is 0.222. The maximum Gasteiger partial charge on any atom is 0.433 e. The van der Waals surface area contributed by atoms with Crippen LogP contribution in [0.5, 0.6) is 5.75 Å². The molecule has 2 amide bonds. The lowest BCUT2D eigenvalue weighted by Gasteiger charge is -2.46. The molecule has 0 saturated carbocycles. The standard InChI is InChI=1S/C29H22F8N4O4/c1-27-7-2-8-41(27)40(13-18-19(30)10-16(42)11-20(18)31)26(45)23(24(27)43)25(44)39-21-5-4-15(28(32,33)34)9-17(21)14-3-6-22(38-12-14)29(35,36)37/h3-6,9-12,42-43H,2,7-8,13H2,1H3,(H,39,44)/t27-/m1/s1. The van der Waals surface area contributed by atoms with Gasteiger partial charge in [-0.3, -0.25) is 19.6 Å². The zero-order valence-electron chi connectivity index (χ0n) is 23.0. The molecule has 45 heavy (non-hydrogen) atoms. The van der Waals surface area contributed by atoms with Gasteiger partial charge in [0.15, 0.2) is 0 Å². The van der Waals surface area contributed by atoms with Gasteiger partial charge < -0.3 is 15.5 Å². The summed E-state index contributed by atoms with van der Waals surface area (Å²) in [5.41, 5.74) is -6.43. The van der Waals surface area contributed by atoms with Crippen molar-refractivity contribution in [2.75, 3.05) is 11.9 Å². The second-order valence-electron chi connectivity index (χ2n) is 10.6. The van der Waals surface area contributed by atoms with Crippen LogP contribution in [0.2, 0.25) is 0 Å².